The maximum absolute atomic E-state index is 12.5. The summed E-state index contributed by atoms with van der Waals surface area (Å²) >= 11 is 0. The number of hydrogen-bond donors (Lipinski definition) is 0. The SMILES string of the molecule is CC(C)(C)OC(=O)N1CC(OCC(=O)N2CCN(Cc3ccccc3)[C@@H](C#N)C2)C1. The lowest BCUT2D eigenvalue weighted by Gasteiger charge is -2.40. The Balaban J connectivity index is 1.40. The second-order valence-electron chi connectivity index (χ2n) is 8.76. The van der Waals surface area contributed by atoms with Crippen LogP contribution in [0.4, 0.5) is 4.79 Å². The van der Waals surface area contributed by atoms with Crippen LogP contribution in [0, 0.1) is 11.3 Å². The number of amides is 2. The maximum atomic E-state index is 12.5. The van der Waals surface area contributed by atoms with Gasteiger partial charge in [0.05, 0.1) is 25.3 Å². The molecule has 0 aliphatic carbocycles. The van der Waals surface area contributed by atoms with Gasteiger partial charge in [0, 0.05) is 26.2 Å². The molecule has 2 aliphatic rings. The molecule has 0 aromatic heterocycles. The van der Waals surface area contributed by atoms with E-state index in [1.807, 2.05) is 51.1 Å². The molecule has 0 bridgehead atoms. The number of rotatable bonds is 5. The van der Waals surface area contributed by atoms with Crippen molar-refractivity contribution < 1.29 is 19.1 Å². The van der Waals surface area contributed by atoms with Crippen LogP contribution in [-0.2, 0) is 20.8 Å². The second-order valence-corrected chi connectivity index (χ2v) is 8.76. The quantitative estimate of drug-likeness (QED) is 0.731. The molecule has 0 unspecified atom stereocenters. The van der Waals surface area contributed by atoms with Gasteiger partial charge in [-0.15, -0.1) is 0 Å². The molecule has 1 atom stereocenters. The number of carbonyl (C=O) groups excluding carboxylic acids is 2. The molecule has 8 nitrogen and oxygen atoms in total. The Morgan fingerprint density at radius 3 is 2.43 bits per heavy atom. The zero-order valence-corrected chi connectivity index (χ0v) is 17.9. The Bertz CT molecular complexity index is 781. The van der Waals surface area contributed by atoms with Crippen molar-refractivity contribution in [1.82, 2.24) is 14.7 Å². The van der Waals surface area contributed by atoms with Gasteiger partial charge in [0.1, 0.15) is 18.2 Å². The Morgan fingerprint density at radius 1 is 1.10 bits per heavy atom. The minimum absolute atomic E-state index is 0.0380. The number of benzene rings is 1. The number of hydrogen-bond acceptors (Lipinski definition) is 6. The fourth-order valence-electron chi connectivity index (χ4n) is 3.48. The molecule has 1 aromatic rings. The summed E-state index contributed by atoms with van der Waals surface area (Å²) in [7, 11) is 0. The molecule has 1 aromatic carbocycles. The number of piperazine rings is 1. The molecule has 0 spiro atoms. The highest BCUT2D eigenvalue weighted by molar-refractivity contribution is 5.77. The van der Waals surface area contributed by atoms with Gasteiger partial charge in [-0.1, -0.05) is 30.3 Å². The molecular formula is C22H30N4O4. The van der Waals surface area contributed by atoms with E-state index >= 15 is 0 Å². The molecular weight excluding hydrogens is 384 g/mol. The molecule has 8 heteroatoms. The van der Waals surface area contributed by atoms with E-state index in [-0.39, 0.29) is 30.8 Å². The minimum Gasteiger partial charge on any atom is -0.444 e. The lowest BCUT2D eigenvalue weighted by molar-refractivity contribution is -0.144. The molecule has 2 amide bonds. The van der Waals surface area contributed by atoms with Gasteiger partial charge in [0.25, 0.3) is 0 Å². The third-order valence-corrected chi connectivity index (χ3v) is 5.16. The van der Waals surface area contributed by atoms with E-state index in [0.717, 1.165) is 5.56 Å². The van der Waals surface area contributed by atoms with Crippen LogP contribution in [-0.4, -0.2) is 83.8 Å². The van der Waals surface area contributed by atoms with Gasteiger partial charge < -0.3 is 19.3 Å². The minimum atomic E-state index is -0.529. The monoisotopic (exact) mass is 414 g/mol. The maximum Gasteiger partial charge on any atom is 0.410 e. The van der Waals surface area contributed by atoms with Crippen LogP contribution in [0.5, 0.6) is 0 Å². The first-order chi connectivity index (χ1) is 14.2. The molecule has 2 heterocycles. The molecule has 2 aliphatic heterocycles. The summed E-state index contributed by atoms with van der Waals surface area (Å²) in [4.78, 5) is 29.8. The number of nitriles is 1. The standard InChI is InChI=1S/C22H30N4O4/c1-22(2,3)30-21(28)26-14-19(15-26)29-16-20(27)25-10-9-24(18(11-23)13-25)12-17-7-5-4-6-8-17/h4-8,18-19H,9-10,12-16H2,1-3H3/t18-/m0/s1. The lowest BCUT2D eigenvalue weighted by atomic mass is 10.1. The summed E-state index contributed by atoms with van der Waals surface area (Å²) in [6, 6.07) is 12.0. The molecule has 162 valence electrons. The van der Waals surface area contributed by atoms with E-state index in [2.05, 4.69) is 11.0 Å². The van der Waals surface area contributed by atoms with Gasteiger partial charge in [-0.05, 0) is 26.3 Å². The summed E-state index contributed by atoms with van der Waals surface area (Å²) in [6.45, 7) is 8.57. The van der Waals surface area contributed by atoms with Gasteiger partial charge in [0.15, 0.2) is 0 Å². The van der Waals surface area contributed by atoms with Gasteiger partial charge in [-0.25, -0.2) is 4.79 Å². The smallest absolute Gasteiger partial charge is 0.410 e. The summed E-state index contributed by atoms with van der Waals surface area (Å²) in [5, 5.41) is 9.56. The number of likely N-dealkylation sites (tertiary alicyclic amines) is 1. The zero-order chi connectivity index (χ0) is 21.7. The number of carbonyl (C=O) groups is 2. The Kier molecular flexibility index (Phi) is 6.95. The van der Waals surface area contributed by atoms with Crippen molar-refractivity contribution in [3.8, 4) is 6.07 Å². The molecule has 0 saturated carbocycles. The Hall–Kier alpha value is -2.63. The molecule has 0 radical (unpaired) electrons. The summed E-state index contributed by atoms with van der Waals surface area (Å²) < 4.78 is 11.0. The second kappa shape index (κ2) is 9.45. The third kappa shape index (κ3) is 5.94. The summed E-state index contributed by atoms with van der Waals surface area (Å²) in [6.07, 6.45) is -0.521. The first-order valence-corrected chi connectivity index (χ1v) is 10.3. The highest BCUT2D eigenvalue weighted by Crippen LogP contribution is 2.18. The van der Waals surface area contributed by atoms with E-state index in [1.54, 1.807) is 9.80 Å². The lowest BCUT2D eigenvalue weighted by Crippen LogP contribution is -2.57. The molecule has 2 saturated heterocycles. The average Bonchev–Trinajstić information content (AvgIpc) is 2.66. The number of nitrogens with zero attached hydrogens (tertiary/aromatic N) is 4. The van der Waals surface area contributed by atoms with Crippen LogP contribution in [0.2, 0.25) is 0 Å². The van der Waals surface area contributed by atoms with Crippen molar-refractivity contribution in [2.45, 2.75) is 45.1 Å². The first kappa shape index (κ1) is 22.1. The van der Waals surface area contributed by atoms with E-state index in [9.17, 15) is 14.9 Å². The van der Waals surface area contributed by atoms with Crippen LogP contribution in [0.1, 0.15) is 26.3 Å². The van der Waals surface area contributed by atoms with Gasteiger partial charge in [0.2, 0.25) is 5.91 Å². The molecule has 30 heavy (non-hydrogen) atoms. The van der Waals surface area contributed by atoms with E-state index in [1.165, 1.54) is 0 Å². The molecule has 3 rings (SSSR count). The van der Waals surface area contributed by atoms with Crippen LogP contribution >= 0.6 is 0 Å². The fourth-order valence-corrected chi connectivity index (χ4v) is 3.48. The van der Waals surface area contributed by atoms with E-state index in [0.29, 0.717) is 39.3 Å². The summed E-state index contributed by atoms with van der Waals surface area (Å²) in [5.41, 5.74) is 0.624. The summed E-state index contributed by atoms with van der Waals surface area (Å²) in [5.74, 6) is -0.120. The van der Waals surface area contributed by atoms with Crippen molar-refractivity contribution in [3.63, 3.8) is 0 Å². The van der Waals surface area contributed by atoms with Gasteiger partial charge >= 0.3 is 6.09 Å². The Labute approximate surface area is 177 Å². The van der Waals surface area contributed by atoms with Crippen molar-refractivity contribution in [2.24, 2.45) is 0 Å². The van der Waals surface area contributed by atoms with E-state index < -0.39 is 5.60 Å². The predicted molar refractivity (Wildman–Crippen MR) is 110 cm³/mol. The van der Waals surface area contributed by atoms with Crippen LogP contribution in [0.25, 0.3) is 0 Å². The van der Waals surface area contributed by atoms with Gasteiger partial charge in [-0.2, -0.15) is 5.26 Å². The van der Waals surface area contributed by atoms with Crippen molar-refractivity contribution in [3.05, 3.63) is 35.9 Å². The largest absolute Gasteiger partial charge is 0.444 e. The Morgan fingerprint density at radius 2 is 1.80 bits per heavy atom. The number of ether oxygens (including phenoxy) is 2. The third-order valence-electron chi connectivity index (χ3n) is 5.16. The topological polar surface area (TPSA) is 86.1 Å². The van der Waals surface area contributed by atoms with Crippen molar-refractivity contribution in [2.75, 3.05) is 39.3 Å². The molecule has 0 N–H and O–H groups in total. The van der Waals surface area contributed by atoms with Crippen LogP contribution in [0.15, 0.2) is 30.3 Å². The zero-order valence-electron chi connectivity index (χ0n) is 17.9. The highest BCUT2D eigenvalue weighted by atomic mass is 16.6. The van der Waals surface area contributed by atoms with Crippen molar-refractivity contribution in [1.29, 1.82) is 5.26 Å². The van der Waals surface area contributed by atoms with Crippen LogP contribution in [0.3, 0.4) is 0 Å². The molecule has 2 fully saturated rings. The van der Waals surface area contributed by atoms with Crippen molar-refractivity contribution >= 4 is 12.0 Å². The normalized spacial score (nSPS) is 20.4. The fraction of sp³-hybridized carbons (Fsp3) is 0.591. The highest BCUT2D eigenvalue weighted by Gasteiger charge is 2.35. The predicted octanol–water partition coefficient (Wildman–Crippen LogP) is 1.86. The first-order valence-electron chi connectivity index (χ1n) is 10.3. The van der Waals surface area contributed by atoms with E-state index in [4.69, 9.17) is 9.47 Å². The van der Waals surface area contributed by atoms with Crippen LogP contribution < -0.4 is 0 Å². The average molecular weight is 415 g/mol. The van der Waals surface area contributed by atoms with Gasteiger partial charge in [-0.3, -0.25) is 9.69 Å².